The minimum atomic E-state index is -0.129. The minimum absolute atomic E-state index is 0.109. The number of nitrogens with one attached hydrogen (secondary N) is 2. The number of carbonyl (C=O) groups excluding carboxylic acids is 2. The molecule has 2 aromatic carbocycles. The van der Waals surface area contributed by atoms with Crippen molar-refractivity contribution in [3.05, 3.63) is 60.2 Å². The fraction of sp³-hybridized carbons (Fsp3) is 0.348. The van der Waals surface area contributed by atoms with Crippen LogP contribution in [0.15, 0.2) is 54.6 Å². The molecule has 0 heterocycles. The number of anilines is 2. The second-order valence-electron chi connectivity index (χ2n) is 6.74. The molecular weight excluding hydrogens is 382 g/mol. The van der Waals surface area contributed by atoms with Gasteiger partial charge >= 0.3 is 0 Å². The van der Waals surface area contributed by atoms with E-state index < -0.39 is 0 Å². The van der Waals surface area contributed by atoms with Crippen molar-refractivity contribution in [3.63, 3.8) is 0 Å². The number of para-hydroxylation sites is 2. The molecule has 0 aliphatic carbocycles. The lowest BCUT2D eigenvalue weighted by molar-refractivity contribution is -0.119. The summed E-state index contributed by atoms with van der Waals surface area (Å²) in [4.78, 5) is 26.9. The summed E-state index contributed by atoms with van der Waals surface area (Å²) >= 11 is 5.28. The standard InChI is InChI=1S/C23H29N3O2S/c1-3-5-6-10-17-21(27)25-23(29)24-20-16-12-11-15-19(20)22(28)26(4-2)18-13-8-7-9-14-18/h7-9,11-16H,3-6,10,17H2,1-2H3,(H2,24,25,27,29). The predicted octanol–water partition coefficient (Wildman–Crippen LogP) is 5.14. The first-order valence-corrected chi connectivity index (χ1v) is 10.5. The van der Waals surface area contributed by atoms with Gasteiger partial charge in [0, 0.05) is 18.7 Å². The molecule has 154 valence electrons. The molecular formula is C23H29N3O2S. The van der Waals surface area contributed by atoms with E-state index in [1.807, 2.05) is 49.4 Å². The molecule has 0 radical (unpaired) electrons. The smallest absolute Gasteiger partial charge is 0.260 e. The molecule has 0 saturated carbocycles. The molecule has 0 aliphatic heterocycles. The summed E-state index contributed by atoms with van der Waals surface area (Å²) < 4.78 is 0. The van der Waals surface area contributed by atoms with Gasteiger partial charge < -0.3 is 15.5 Å². The van der Waals surface area contributed by atoms with Crippen LogP contribution in [-0.2, 0) is 4.79 Å². The summed E-state index contributed by atoms with van der Waals surface area (Å²) in [6.07, 6.45) is 4.58. The maximum Gasteiger partial charge on any atom is 0.260 e. The number of unbranched alkanes of at least 4 members (excludes halogenated alkanes) is 3. The van der Waals surface area contributed by atoms with Crippen molar-refractivity contribution in [1.29, 1.82) is 0 Å². The van der Waals surface area contributed by atoms with Gasteiger partial charge in [0.05, 0.1) is 11.3 Å². The SMILES string of the molecule is CCCCCCC(=O)NC(=S)Nc1ccccc1C(=O)N(CC)c1ccccc1. The number of hydrogen-bond acceptors (Lipinski definition) is 3. The van der Waals surface area contributed by atoms with Gasteiger partial charge in [-0.1, -0.05) is 56.5 Å². The zero-order valence-electron chi connectivity index (χ0n) is 17.1. The zero-order chi connectivity index (χ0) is 21.1. The van der Waals surface area contributed by atoms with Crippen molar-refractivity contribution in [3.8, 4) is 0 Å². The van der Waals surface area contributed by atoms with E-state index in [-0.39, 0.29) is 16.9 Å². The monoisotopic (exact) mass is 411 g/mol. The third-order valence-corrected chi connectivity index (χ3v) is 4.75. The lowest BCUT2D eigenvalue weighted by atomic mass is 10.1. The molecule has 2 amide bonds. The summed E-state index contributed by atoms with van der Waals surface area (Å²) in [5.74, 6) is -0.239. The van der Waals surface area contributed by atoms with Gasteiger partial charge in [-0.25, -0.2) is 0 Å². The molecule has 0 spiro atoms. The molecule has 2 rings (SSSR count). The van der Waals surface area contributed by atoms with Crippen LogP contribution in [0.25, 0.3) is 0 Å². The number of nitrogens with zero attached hydrogens (tertiary/aromatic N) is 1. The average Bonchev–Trinajstić information content (AvgIpc) is 2.73. The number of carbonyl (C=O) groups is 2. The lowest BCUT2D eigenvalue weighted by Gasteiger charge is -2.22. The Bertz CT molecular complexity index is 824. The highest BCUT2D eigenvalue weighted by Gasteiger charge is 2.19. The maximum absolute atomic E-state index is 13.2. The molecule has 2 N–H and O–H groups in total. The van der Waals surface area contributed by atoms with Crippen molar-refractivity contribution >= 4 is 40.5 Å². The Morgan fingerprint density at radius 3 is 2.31 bits per heavy atom. The van der Waals surface area contributed by atoms with Gasteiger partial charge in [0.15, 0.2) is 5.11 Å². The Hall–Kier alpha value is -2.73. The Morgan fingerprint density at radius 1 is 0.931 bits per heavy atom. The number of hydrogen-bond donors (Lipinski definition) is 2. The Labute approximate surface area is 178 Å². The quantitative estimate of drug-likeness (QED) is 0.443. The van der Waals surface area contributed by atoms with Crippen molar-refractivity contribution in [2.24, 2.45) is 0 Å². The van der Waals surface area contributed by atoms with Gasteiger partial charge in [-0.15, -0.1) is 0 Å². The first-order valence-electron chi connectivity index (χ1n) is 10.1. The van der Waals surface area contributed by atoms with Gasteiger partial charge in [-0.3, -0.25) is 9.59 Å². The first kappa shape index (κ1) is 22.6. The molecule has 0 saturated heterocycles. The molecule has 0 atom stereocenters. The molecule has 0 aliphatic rings. The van der Waals surface area contributed by atoms with Crippen molar-refractivity contribution in [1.82, 2.24) is 5.32 Å². The van der Waals surface area contributed by atoms with Gasteiger partial charge in [0.25, 0.3) is 5.91 Å². The van der Waals surface area contributed by atoms with Crippen LogP contribution in [-0.4, -0.2) is 23.5 Å². The summed E-state index contributed by atoms with van der Waals surface area (Å²) in [5, 5.41) is 5.91. The van der Waals surface area contributed by atoms with Crippen molar-refractivity contribution in [2.75, 3.05) is 16.8 Å². The second-order valence-corrected chi connectivity index (χ2v) is 7.15. The summed E-state index contributed by atoms with van der Waals surface area (Å²) in [6, 6.07) is 16.7. The summed E-state index contributed by atoms with van der Waals surface area (Å²) in [5.41, 5.74) is 1.90. The average molecular weight is 412 g/mol. The van der Waals surface area contributed by atoms with Crippen LogP contribution in [0.3, 0.4) is 0 Å². The van der Waals surface area contributed by atoms with Crippen LogP contribution >= 0.6 is 12.2 Å². The summed E-state index contributed by atoms with van der Waals surface area (Å²) in [7, 11) is 0. The topological polar surface area (TPSA) is 61.4 Å². The van der Waals surface area contributed by atoms with E-state index in [0.717, 1.165) is 31.4 Å². The molecule has 5 nitrogen and oxygen atoms in total. The van der Waals surface area contributed by atoms with E-state index >= 15 is 0 Å². The number of benzene rings is 2. The number of amides is 2. The molecule has 2 aromatic rings. The van der Waals surface area contributed by atoms with Crippen LogP contribution in [0.4, 0.5) is 11.4 Å². The molecule has 0 aromatic heterocycles. The molecule has 0 bridgehead atoms. The first-order chi connectivity index (χ1) is 14.1. The fourth-order valence-electron chi connectivity index (χ4n) is 3.03. The van der Waals surface area contributed by atoms with E-state index in [9.17, 15) is 9.59 Å². The van der Waals surface area contributed by atoms with Crippen LogP contribution in [0.5, 0.6) is 0 Å². The van der Waals surface area contributed by atoms with Crippen LogP contribution in [0, 0.1) is 0 Å². The summed E-state index contributed by atoms with van der Waals surface area (Å²) in [6.45, 7) is 4.61. The van der Waals surface area contributed by atoms with Crippen LogP contribution in [0.1, 0.15) is 56.3 Å². The normalized spacial score (nSPS) is 10.3. The van der Waals surface area contributed by atoms with Crippen LogP contribution < -0.4 is 15.5 Å². The van der Waals surface area contributed by atoms with Gasteiger partial charge in [0.2, 0.25) is 5.91 Å². The molecule has 6 heteroatoms. The van der Waals surface area contributed by atoms with Crippen molar-refractivity contribution in [2.45, 2.75) is 46.0 Å². The number of thiocarbonyl (C=S) groups is 1. The van der Waals surface area contributed by atoms with Crippen LogP contribution in [0.2, 0.25) is 0 Å². The van der Waals surface area contributed by atoms with Crippen molar-refractivity contribution < 1.29 is 9.59 Å². The molecule has 0 fully saturated rings. The van der Waals surface area contributed by atoms with E-state index in [4.69, 9.17) is 12.2 Å². The third kappa shape index (κ3) is 6.98. The van der Waals surface area contributed by atoms with E-state index in [1.54, 1.807) is 17.0 Å². The molecule has 0 unspecified atom stereocenters. The second kappa shape index (κ2) is 12.0. The Kier molecular flexibility index (Phi) is 9.31. The zero-order valence-corrected chi connectivity index (χ0v) is 17.9. The Balaban J connectivity index is 2.05. The molecule has 29 heavy (non-hydrogen) atoms. The number of rotatable bonds is 9. The van der Waals surface area contributed by atoms with E-state index in [1.165, 1.54) is 0 Å². The fourth-order valence-corrected chi connectivity index (χ4v) is 3.25. The highest BCUT2D eigenvalue weighted by atomic mass is 32.1. The Morgan fingerprint density at radius 2 is 1.62 bits per heavy atom. The highest BCUT2D eigenvalue weighted by Crippen LogP contribution is 2.21. The highest BCUT2D eigenvalue weighted by molar-refractivity contribution is 7.80. The van der Waals surface area contributed by atoms with Gasteiger partial charge in [0.1, 0.15) is 0 Å². The van der Waals surface area contributed by atoms with E-state index in [0.29, 0.717) is 24.2 Å². The largest absolute Gasteiger partial charge is 0.332 e. The van der Waals surface area contributed by atoms with Gasteiger partial charge in [-0.05, 0) is 49.8 Å². The third-order valence-electron chi connectivity index (χ3n) is 4.55. The van der Waals surface area contributed by atoms with Gasteiger partial charge in [-0.2, -0.15) is 0 Å². The predicted molar refractivity (Wildman–Crippen MR) is 123 cm³/mol. The lowest BCUT2D eigenvalue weighted by Crippen LogP contribution is -2.35. The minimum Gasteiger partial charge on any atom is -0.332 e. The maximum atomic E-state index is 13.2. The van der Waals surface area contributed by atoms with E-state index in [2.05, 4.69) is 17.6 Å².